The van der Waals surface area contributed by atoms with Gasteiger partial charge in [-0.2, -0.15) is 0 Å². The van der Waals surface area contributed by atoms with Gasteiger partial charge in [0, 0.05) is 12.1 Å². The van der Waals surface area contributed by atoms with E-state index in [9.17, 15) is 5.11 Å². The van der Waals surface area contributed by atoms with E-state index >= 15 is 0 Å². The van der Waals surface area contributed by atoms with E-state index in [0.717, 1.165) is 5.56 Å². The van der Waals surface area contributed by atoms with E-state index in [-0.39, 0.29) is 6.61 Å². The van der Waals surface area contributed by atoms with E-state index in [4.69, 9.17) is 22.1 Å². The van der Waals surface area contributed by atoms with Gasteiger partial charge in [0.25, 0.3) is 0 Å². The minimum absolute atomic E-state index is 0.209. The molecule has 0 amide bonds. The van der Waals surface area contributed by atoms with E-state index in [2.05, 4.69) is 0 Å². The van der Waals surface area contributed by atoms with Crippen molar-refractivity contribution in [3.8, 4) is 5.75 Å². The van der Waals surface area contributed by atoms with Crippen LogP contribution in [-0.4, -0.2) is 17.3 Å². The molecule has 1 atom stereocenters. The molecular formula is C12H18ClNO2. The van der Waals surface area contributed by atoms with Gasteiger partial charge in [0.1, 0.15) is 12.4 Å². The van der Waals surface area contributed by atoms with E-state index < -0.39 is 5.60 Å². The fourth-order valence-electron chi connectivity index (χ4n) is 1.21. The van der Waals surface area contributed by atoms with Crippen LogP contribution in [-0.2, 0) is 6.54 Å². The maximum atomic E-state index is 9.84. The lowest BCUT2D eigenvalue weighted by molar-refractivity contribution is 0.00823. The Balaban J connectivity index is 2.80. The van der Waals surface area contributed by atoms with Gasteiger partial charge in [0.05, 0.1) is 10.6 Å². The van der Waals surface area contributed by atoms with Gasteiger partial charge in [-0.3, -0.25) is 0 Å². The number of hydrogen-bond acceptors (Lipinski definition) is 3. The molecular weight excluding hydrogens is 226 g/mol. The Kier molecular flexibility index (Phi) is 4.59. The van der Waals surface area contributed by atoms with Crippen LogP contribution in [0.1, 0.15) is 25.8 Å². The summed E-state index contributed by atoms with van der Waals surface area (Å²) >= 11 is 6.02. The largest absolute Gasteiger partial charge is 0.489 e. The molecule has 1 aromatic carbocycles. The summed E-state index contributed by atoms with van der Waals surface area (Å²) in [6.07, 6.45) is 0.620. The molecule has 0 bridgehead atoms. The Labute approximate surface area is 101 Å². The third-order valence-electron chi connectivity index (χ3n) is 2.56. The lowest BCUT2D eigenvalue weighted by Gasteiger charge is -2.22. The number of nitrogens with two attached hydrogens (primary N) is 1. The van der Waals surface area contributed by atoms with E-state index in [1.807, 2.05) is 19.1 Å². The Hall–Kier alpha value is -0.770. The van der Waals surface area contributed by atoms with Crippen LogP contribution in [0.2, 0.25) is 5.02 Å². The number of aliphatic hydroxyl groups is 1. The maximum Gasteiger partial charge on any atom is 0.142 e. The van der Waals surface area contributed by atoms with Crippen molar-refractivity contribution in [3.63, 3.8) is 0 Å². The van der Waals surface area contributed by atoms with Crippen molar-refractivity contribution in [1.29, 1.82) is 0 Å². The van der Waals surface area contributed by atoms with Crippen molar-refractivity contribution in [2.75, 3.05) is 6.61 Å². The first-order chi connectivity index (χ1) is 7.50. The summed E-state index contributed by atoms with van der Waals surface area (Å²) in [6, 6.07) is 5.44. The molecule has 0 aliphatic heterocycles. The molecule has 0 aliphatic carbocycles. The molecule has 90 valence electrons. The van der Waals surface area contributed by atoms with Crippen molar-refractivity contribution in [2.45, 2.75) is 32.4 Å². The highest BCUT2D eigenvalue weighted by Crippen LogP contribution is 2.29. The van der Waals surface area contributed by atoms with Crippen LogP contribution in [0.4, 0.5) is 0 Å². The molecule has 0 aliphatic rings. The number of hydrogen-bond donors (Lipinski definition) is 2. The summed E-state index contributed by atoms with van der Waals surface area (Å²) in [5.74, 6) is 0.570. The van der Waals surface area contributed by atoms with Crippen molar-refractivity contribution < 1.29 is 9.84 Å². The lowest BCUT2D eigenvalue weighted by Crippen LogP contribution is -2.31. The number of ether oxygens (including phenoxy) is 1. The minimum Gasteiger partial charge on any atom is -0.489 e. The van der Waals surface area contributed by atoms with Gasteiger partial charge >= 0.3 is 0 Å². The van der Waals surface area contributed by atoms with Crippen molar-refractivity contribution in [1.82, 2.24) is 0 Å². The molecule has 0 spiro atoms. The molecule has 4 heteroatoms. The molecule has 0 radical (unpaired) electrons. The zero-order valence-corrected chi connectivity index (χ0v) is 10.4. The maximum absolute atomic E-state index is 9.84. The third-order valence-corrected chi connectivity index (χ3v) is 2.86. The molecule has 0 fully saturated rings. The van der Waals surface area contributed by atoms with Gasteiger partial charge in [0.2, 0.25) is 0 Å². The fraction of sp³-hybridized carbons (Fsp3) is 0.500. The molecule has 0 heterocycles. The Bertz CT molecular complexity index is 353. The summed E-state index contributed by atoms with van der Waals surface area (Å²) in [6.45, 7) is 4.20. The summed E-state index contributed by atoms with van der Waals surface area (Å²) < 4.78 is 5.55. The molecule has 1 aromatic rings. The van der Waals surface area contributed by atoms with Crippen molar-refractivity contribution >= 4 is 11.6 Å². The predicted octanol–water partition coefficient (Wildman–Crippen LogP) is 2.34. The van der Waals surface area contributed by atoms with E-state index in [0.29, 0.717) is 23.7 Å². The second kappa shape index (κ2) is 5.53. The van der Waals surface area contributed by atoms with Crippen molar-refractivity contribution in [2.24, 2.45) is 5.73 Å². The Morgan fingerprint density at radius 1 is 1.50 bits per heavy atom. The summed E-state index contributed by atoms with van der Waals surface area (Å²) in [5.41, 5.74) is 5.59. The second-order valence-electron chi connectivity index (χ2n) is 4.07. The first-order valence-corrected chi connectivity index (χ1v) is 5.70. The van der Waals surface area contributed by atoms with Gasteiger partial charge in [-0.25, -0.2) is 0 Å². The average molecular weight is 244 g/mol. The van der Waals surface area contributed by atoms with Gasteiger partial charge in [-0.15, -0.1) is 0 Å². The van der Waals surface area contributed by atoms with Crippen LogP contribution in [0.15, 0.2) is 18.2 Å². The summed E-state index contributed by atoms with van der Waals surface area (Å²) in [7, 11) is 0. The number of rotatable bonds is 5. The monoisotopic (exact) mass is 243 g/mol. The minimum atomic E-state index is -0.842. The van der Waals surface area contributed by atoms with Gasteiger partial charge in [0.15, 0.2) is 0 Å². The van der Waals surface area contributed by atoms with E-state index in [1.165, 1.54) is 0 Å². The zero-order chi connectivity index (χ0) is 12.2. The standard InChI is InChI=1S/C12H18ClNO2/c1-3-12(2,15)8-16-11-9(7-14)5-4-6-10(11)13/h4-6,15H,3,7-8,14H2,1-2H3. The highest BCUT2D eigenvalue weighted by atomic mass is 35.5. The quantitative estimate of drug-likeness (QED) is 0.835. The molecule has 1 unspecified atom stereocenters. The van der Waals surface area contributed by atoms with Crippen LogP contribution >= 0.6 is 11.6 Å². The van der Waals surface area contributed by atoms with Crippen LogP contribution in [0.25, 0.3) is 0 Å². The molecule has 0 saturated carbocycles. The third kappa shape index (κ3) is 3.37. The second-order valence-corrected chi connectivity index (χ2v) is 4.48. The smallest absolute Gasteiger partial charge is 0.142 e. The first-order valence-electron chi connectivity index (χ1n) is 5.33. The molecule has 1 rings (SSSR count). The lowest BCUT2D eigenvalue weighted by atomic mass is 10.1. The molecule has 3 nitrogen and oxygen atoms in total. The van der Waals surface area contributed by atoms with Gasteiger partial charge < -0.3 is 15.6 Å². The number of para-hydroxylation sites is 1. The van der Waals surface area contributed by atoms with Gasteiger partial charge in [-0.1, -0.05) is 30.7 Å². The molecule has 0 aromatic heterocycles. The van der Waals surface area contributed by atoms with Crippen LogP contribution in [0, 0.1) is 0 Å². The summed E-state index contributed by atoms with van der Waals surface area (Å²) in [5, 5.41) is 10.4. The van der Waals surface area contributed by atoms with Crippen molar-refractivity contribution in [3.05, 3.63) is 28.8 Å². The highest BCUT2D eigenvalue weighted by Gasteiger charge is 2.19. The topological polar surface area (TPSA) is 55.5 Å². The number of benzene rings is 1. The first kappa shape index (κ1) is 13.3. The molecule has 3 N–H and O–H groups in total. The predicted molar refractivity (Wildman–Crippen MR) is 65.8 cm³/mol. The van der Waals surface area contributed by atoms with Crippen LogP contribution in [0.3, 0.4) is 0 Å². The Morgan fingerprint density at radius 2 is 2.19 bits per heavy atom. The Morgan fingerprint density at radius 3 is 2.75 bits per heavy atom. The van der Waals surface area contributed by atoms with Gasteiger partial charge in [-0.05, 0) is 19.4 Å². The zero-order valence-electron chi connectivity index (χ0n) is 9.66. The normalized spacial score (nSPS) is 14.6. The van der Waals surface area contributed by atoms with E-state index in [1.54, 1.807) is 13.0 Å². The number of halogens is 1. The summed E-state index contributed by atoms with van der Waals surface area (Å²) in [4.78, 5) is 0. The molecule has 0 saturated heterocycles. The fourth-order valence-corrected chi connectivity index (χ4v) is 1.45. The average Bonchev–Trinajstić information content (AvgIpc) is 2.27. The van der Waals surface area contributed by atoms with Crippen LogP contribution < -0.4 is 10.5 Å². The van der Waals surface area contributed by atoms with Crippen LogP contribution in [0.5, 0.6) is 5.75 Å². The SMILES string of the molecule is CCC(C)(O)COc1c(Cl)cccc1CN. The highest BCUT2D eigenvalue weighted by molar-refractivity contribution is 6.32. The molecule has 16 heavy (non-hydrogen) atoms.